The number of hydrogen-bond acceptors (Lipinski definition) is 2. The fraction of sp³-hybridized carbons (Fsp3) is 0.158. The molecule has 1 amide bonds. The van der Waals surface area contributed by atoms with Gasteiger partial charge >= 0.3 is 0 Å². The van der Waals surface area contributed by atoms with Gasteiger partial charge in [-0.15, -0.1) is 0 Å². The Hall–Kier alpha value is -2.30. The Balaban J connectivity index is 1.74. The first-order valence-electron chi connectivity index (χ1n) is 7.86. The molecular formula is C19H17Cl2N3O. The molecule has 1 aromatic heterocycles. The minimum atomic E-state index is -0.293. The average Bonchev–Trinajstić information content (AvgIpc) is 3.05. The molecule has 6 heteroatoms. The van der Waals surface area contributed by atoms with E-state index >= 15 is 0 Å². The van der Waals surface area contributed by atoms with E-state index in [0.29, 0.717) is 27.3 Å². The number of aromatic nitrogens is 2. The zero-order valence-corrected chi connectivity index (χ0v) is 15.3. The van der Waals surface area contributed by atoms with Crippen LogP contribution in [0, 0.1) is 0 Å². The number of amides is 1. The van der Waals surface area contributed by atoms with Gasteiger partial charge in [0.15, 0.2) is 5.82 Å². The van der Waals surface area contributed by atoms with E-state index in [2.05, 4.69) is 36.4 Å². The Morgan fingerprint density at radius 3 is 2.40 bits per heavy atom. The van der Waals surface area contributed by atoms with E-state index in [1.165, 1.54) is 11.6 Å². The summed E-state index contributed by atoms with van der Waals surface area (Å²) < 4.78 is 1.72. The summed E-state index contributed by atoms with van der Waals surface area (Å²) in [4.78, 5) is 12.3. The zero-order valence-electron chi connectivity index (χ0n) is 13.8. The maximum Gasteiger partial charge on any atom is 0.256 e. The number of anilines is 1. The van der Waals surface area contributed by atoms with Gasteiger partial charge in [-0.3, -0.25) is 4.79 Å². The van der Waals surface area contributed by atoms with E-state index < -0.39 is 0 Å². The molecule has 128 valence electrons. The van der Waals surface area contributed by atoms with Crippen LogP contribution in [0.2, 0.25) is 10.0 Å². The molecule has 0 aliphatic heterocycles. The van der Waals surface area contributed by atoms with Crippen molar-refractivity contribution in [2.75, 3.05) is 5.32 Å². The van der Waals surface area contributed by atoms with Gasteiger partial charge in [-0.25, -0.2) is 4.68 Å². The molecule has 4 nitrogen and oxygen atoms in total. The zero-order chi connectivity index (χ0) is 18.0. The topological polar surface area (TPSA) is 46.9 Å². The van der Waals surface area contributed by atoms with E-state index in [0.717, 1.165) is 5.69 Å². The smallest absolute Gasteiger partial charge is 0.256 e. The Kier molecular flexibility index (Phi) is 5.11. The summed E-state index contributed by atoms with van der Waals surface area (Å²) in [6.45, 7) is 4.30. The Morgan fingerprint density at radius 2 is 1.76 bits per heavy atom. The Morgan fingerprint density at radius 1 is 1.04 bits per heavy atom. The van der Waals surface area contributed by atoms with Gasteiger partial charge in [-0.2, -0.15) is 5.10 Å². The normalized spacial score (nSPS) is 10.9. The van der Waals surface area contributed by atoms with E-state index in [-0.39, 0.29) is 5.91 Å². The number of rotatable bonds is 4. The van der Waals surface area contributed by atoms with Crippen LogP contribution in [0.3, 0.4) is 0 Å². The Bertz CT molecular complexity index is 901. The first kappa shape index (κ1) is 17.5. The van der Waals surface area contributed by atoms with Crippen molar-refractivity contribution in [3.63, 3.8) is 0 Å². The highest BCUT2D eigenvalue weighted by atomic mass is 35.5. The standard InChI is InChI=1S/C19H17Cl2N3O/c1-12(2)13-3-6-15(7-4-13)24-10-9-18(23-24)22-19(25)14-5-8-16(20)17(21)11-14/h3-12H,1-2H3,(H,22,23,25). The van der Waals surface area contributed by atoms with Crippen molar-refractivity contribution in [2.24, 2.45) is 0 Å². The average molecular weight is 374 g/mol. The highest BCUT2D eigenvalue weighted by Crippen LogP contribution is 2.23. The van der Waals surface area contributed by atoms with Gasteiger partial charge in [-0.05, 0) is 41.8 Å². The predicted octanol–water partition coefficient (Wildman–Crippen LogP) is 5.55. The summed E-state index contributed by atoms with van der Waals surface area (Å²) in [5.41, 5.74) is 2.62. The molecule has 0 fully saturated rings. The van der Waals surface area contributed by atoms with Crippen molar-refractivity contribution in [3.8, 4) is 5.69 Å². The third-order valence-electron chi connectivity index (χ3n) is 3.84. The molecule has 1 N–H and O–H groups in total. The molecular weight excluding hydrogens is 357 g/mol. The van der Waals surface area contributed by atoms with Crippen LogP contribution in [-0.2, 0) is 0 Å². The van der Waals surface area contributed by atoms with Crippen LogP contribution in [0.1, 0.15) is 35.7 Å². The van der Waals surface area contributed by atoms with Crippen LogP contribution in [0.4, 0.5) is 5.82 Å². The summed E-state index contributed by atoms with van der Waals surface area (Å²) in [6, 6.07) is 14.6. The maximum absolute atomic E-state index is 12.3. The van der Waals surface area contributed by atoms with Crippen molar-refractivity contribution in [1.29, 1.82) is 0 Å². The van der Waals surface area contributed by atoms with Gasteiger partial charge in [0.1, 0.15) is 0 Å². The van der Waals surface area contributed by atoms with Gasteiger partial charge in [-0.1, -0.05) is 49.2 Å². The molecule has 0 spiro atoms. The number of carbonyl (C=O) groups is 1. The van der Waals surface area contributed by atoms with Crippen LogP contribution in [0.25, 0.3) is 5.69 Å². The number of nitrogens with one attached hydrogen (secondary N) is 1. The third kappa shape index (κ3) is 4.03. The third-order valence-corrected chi connectivity index (χ3v) is 4.58. The second-order valence-electron chi connectivity index (χ2n) is 5.97. The Labute approximate surface area is 156 Å². The van der Waals surface area contributed by atoms with Crippen molar-refractivity contribution >= 4 is 34.9 Å². The molecule has 1 heterocycles. The van der Waals surface area contributed by atoms with E-state index in [1.807, 2.05) is 12.1 Å². The van der Waals surface area contributed by atoms with Gasteiger partial charge in [0, 0.05) is 17.8 Å². The summed E-state index contributed by atoms with van der Waals surface area (Å²) in [7, 11) is 0. The van der Waals surface area contributed by atoms with Crippen LogP contribution >= 0.6 is 23.2 Å². The van der Waals surface area contributed by atoms with Crippen LogP contribution in [-0.4, -0.2) is 15.7 Å². The van der Waals surface area contributed by atoms with Crippen molar-refractivity contribution in [1.82, 2.24) is 9.78 Å². The lowest BCUT2D eigenvalue weighted by atomic mass is 10.0. The minimum absolute atomic E-state index is 0.293. The number of nitrogens with zero attached hydrogens (tertiary/aromatic N) is 2. The van der Waals surface area contributed by atoms with Gasteiger partial charge < -0.3 is 5.32 Å². The molecule has 0 saturated heterocycles. The number of halogens is 2. The lowest BCUT2D eigenvalue weighted by Crippen LogP contribution is -2.12. The summed E-state index contributed by atoms with van der Waals surface area (Å²) in [6.07, 6.45) is 1.80. The molecule has 0 aliphatic rings. The molecule has 2 aromatic carbocycles. The van der Waals surface area contributed by atoms with Crippen molar-refractivity contribution in [3.05, 3.63) is 75.9 Å². The molecule has 3 aromatic rings. The van der Waals surface area contributed by atoms with Gasteiger partial charge in [0.2, 0.25) is 0 Å². The van der Waals surface area contributed by atoms with E-state index in [4.69, 9.17) is 23.2 Å². The number of benzene rings is 2. The van der Waals surface area contributed by atoms with Gasteiger partial charge in [0.05, 0.1) is 15.7 Å². The van der Waals surface area contributed by atoms with Crippen molar-refractivity contribution < 1.29 is 4.79 Å². The first-order chi connectivity index (χ1) is 11.9. The molecule has 0 unspecified atom stereocenters. The maximum atomic E-state index is 12.3. The van der Waals surface area contributed by atoms with E-state index in [1.54, 1.807) is 29.1 Å². The largest absolute Gasteiger partial charge is 0.305 e. The van der Waals surface area contributed by atoms with Crippen LogP contribution in [0.15, 0.2) is 54.7 Å². The molecule has 0 atom stereocenters. The minimum Gasteiger partial charge on any atom is -0.305 e. The predicted molar refractivity (Wildman–Crippen MR) is 102 cm³/mol. The molecule has 3 rings (SSSR count). The second kappa shape index (κ2) is 7.30. The summed E-state index contributed by atoms with van der Waals surface area (Å²) >= 11 is 11.8. The quantitative estimate of drug-likeness (QED) is 0.650. The highest BCUT2D eigenvalue weighted by molar-refractivity contribution is 6.42. The van der Waals surface area contributed by atoms with Gasteiger partial charge in [0.25, 0.3) is 5.91 Å². The monoisotopic (exact) mass is 373 g/mol. The van der Waals surface area contributed by atoms with E-state index in [9.17, 15) is 4.79 Å². The van der Waals surface area contributed by atoms with Crippen LogP contribution < -0.4 is 5.32 Å². The number of carbonyl (C=O) groups excluding carboxylic acids is 1. The lowest BCUT2D eigenvalue weighted by molar-refractivity contribution is 0.102. The first-order valence-corrected chi connectivity index (χ1v) is 8.62. The SMILES string of the molecule is CC(C)c1ccc(-n2ccc(NC(=O)c3ccc(Cl)c(Cl)c3)n2)cc1. The van der Waals surface area contributed by atoms with Crippen molar-refractivity contribution in [2.45, 2.75) is 19.8 Å². The fourth-order valence-electron chi connectivity index (χ4n) is 2.37. The fourth-order valence-corrected chi connectivity index (χ4v) is 2.67. The molecule has 0 aliphatic carbocycles. The molecule has 0 bridgehead atoms. The second-order valence-corrected chi connectivity index (χ2v) is 6.79. The highest BCUT2D eigenvalue weighted by Gasteiger charge is 2.10. The summed E-state index contributed by atoms with van der Waals surface area (Å²) in [5, 5.41) is 7.89. The molecule has 0 saturated carbocycles. The number of hydrogen-bond donors (Lipinski definition) is 1. The summed E-state index contributed by atoms with van der Waals surface area (Å²) in [5.74, 6) is 0.649. The molecule has 25 heavy (non-hydrogen) atoms. The van der Waals surface area contributed by atoms with Crippen LogP contribution in [0.5, 0.6) is 0 Å². The molecule has 0 radical (unpaired) electrons. The lowest BCUT2D eigenvalue weighted by Gasteiger charge is -2.07.